The fraction of sp³-hybridized carbons (Fsp3) is 0.235. The van der Waals surface area contributed by atoms with E-state index in [1.54, 1.807) is 11.3 Å². The van der Waals surface area contributed by atoms with Crippen molar-refractivity contribution in [3.05, 3.63) is 64.4 Å². The number of rotatable bonds is 2. The molecule has 1 atom stereocenters. The summed E-state index contributed by atoms with van der Waals surface area (Å²) in [4.78, 5) is 9.54. The summed E-state index contributed by atoms with van der Waals surface area (Å²) < 4.78 is 0. The minimum absolute atomic E-state index is 0.271. The zero-order chi connectivity index (χ0) is 14.2. The van der Waals surface area contributed by atoms with Gasteiger partial charge in [0.2, 0.25) is 0 Å². The van der Waals surface area contributed by atoms with Crippen molar-refractivity contribution in [3.63, 3.8) is 0 Å². The van der Waals surface area contributed by atoms with E-state index in [4.69, 9.17) is 4.98 Å². The number of aryl methyl sites for hydroxylation is 1. The van der Waals surface area contributed by atoms with Crippen molar-refractivity contribution in [3.8, 4) is 10.6 Å². The maximum atomic E-state index is 4.84. The molecule has 2 N–H and O–H groups in total. The first-order valence-corrected chi connectivity index (χ1v) is 8.10. The van der Waals surface area contributed by atoms with E-state index in [-0.39, 0.29) is 6.04 Å². The highest BCUT2D eigenvalue weighted by Crippen LogP contribution is 2.30. The molecule has 1 aromatic carbocycles. The number of imidazole rings is 1. The maximum Gasteiger partial charge on any atom is 0.124 e. The Balaban J connectivity index is 1.65. The molecule has 0 saturated carbocycles. The van der Waals surface area contributed by atoms with Crippen LogP contribution in [0.1, 0.15) is 28.7 Å². The van der Waals surface area contributed by atoms with Crippen molar-refractivity contribution in [1.82, 2.24) is 15.3 Å². The molecule has 0 amide bonds. The van der Waals surface area contributed by atoms with Gasteiger partial charge in [-0.05, 0) is 35.9 Å². The summed E-state index contributed by atoms with van der Waals surface area (Å²) in [6, 6.07) is 13.1. The Kier molecular flexibility index (Phi) is 3.13. The van der Waals surface area contributed by atoms with Gasteiger partial charge >= 0.3 is 0 Å². The smallest absolute Gasteiger partial charge is 0.124 e. The SMILES string of the molecule is Cc1[nH]c(C2Cc3ccccc3CN2)nc1-c1cccs1. The molecule has 0 aliphatic carbocycles. The van der Waals surface area contributed by atoms with E-state index in [0.29, 0.717) is 0 Å². The van der Waals surface area contributed by atoms with Crippen molar-refractivity contribution in [2.75, 3.05) is 0 Å². The largest absolute Gasteiger partial charge is 0.344 e. The minimum Gasteiger partial charge on any atom is -0.344 e. The highest BCUT2D eigenvalue weighted by Gasteiger charge is 2.22. The first-order valence-electron chi connectivity index (χ1n) is 7.22. The summed E-state index contributed by atoms with van der Waals surface area (Å²) in [5.74, 6) is 1.05. The van der Waals surface area contributed by atoms with Crippen LogP contribution in [-0.4, -0.2) is 9.97 Å². The van der Waals surface area contributed by atoms with Crippen LogP contribution in [0.2, 0.25) is 0 Å². The van der Waals surface area contributed by atoms with Gasteiger partial charge in [0.1, 0.15) is 11.5 Å². The average molecular weight is 295 g/mol. The zero-order valence-corrected chi connectivity index (χ0v) is 12.7. The molecular weight excluding hydrogens is 278 g/mol. The quantitative estimate of drug-likeness (QED) is 0.754. The van der Waals surface area contributed by atoms with Gasteiger partial charge in [-0.3, -0.25) is 0 Å². The molecule has 1 unspecified atom stereocenters. The van der Waals surface area contributed by atoms with Gasteiger partial charge in [0.05, 0.1) is 10.9 Å². The Morgan fingerprint density at radius 3 is 2.81 bits per heavy atom. The molecule has 2 aromatic heterocycles. The van der Waals surface area contributed by atoms with Gasteiger partial charge in [0, 0.05) is 12.2 Å². The van der Waals surface area contributed by atoms with Crippen LogP contribution in [0.5, 0.6) is 0 Å². The van der Waals surface area contributed by atoms with E-state index in [9.17, 15) is 0 Å². The Bertz CT molecular complexity index is 758. The van der Waals surface area contributed by atoms with Crippen LogP contribution in [0, 0.1) is 6.92 Å². The van der Waals surface area contributed by atoms with Gasteiger partial charge in [0.15, 0.2) is 0 Å². The van der Waals surface area contributed by atoms with Crippen molar-refractivity contribution < 1.29 is 0 Å². The molecule has 0 bridgehead atoms. The highest BCUT2D eigenvalue weighted by molar-refractivity contribution is 7.13. The second-order valence-electron chi connectivity index (χ2n) is 5.48. The van der Waals surface area contributed by atoms with Crippen molar-refractivity contribution in [2.45, 2.75) is 25.9 Å². The lowest BCUT2D eigenvalue weighted by molar-refractivity contribution is 0.479. The van der Waals surface area contributed by atoms with Crippen LogP contribution in [0.3, 0.4) is 0 Å². The number of thiophene rings is 1. The number of benzene rings is 1. The lowest BCUT2D eigenvalue weighted by atomic mass is 9.96. The summed E-state index contributed by atoms with van der Waals surface area (Å²) in [5.41, 5.74) is 5.05. The number of aromatic amines is 1. The van der Waals surface area contributed by atoms with Crippen LogP contribution in [-0.2, 0) is 13.0 Å². The molecule has 0 fully saturated rings. The van der Waals surface area contributed by atoms with Crippen molar-refractivity contribution >= 4 is 11.3 Å². The fourth-order valence-corrected chi connectivity index (χ4v) is 3.72. The number of hydrogen-bond acceptors (Lipinski definition) is 3. The standard InChI is InChI=1S/C17H17N3S/c1-11-16(15-7-4-8-21-15)20-17(19-11)14-9-12-5-2-3-6-13(12)10-18-14/h2-8,14,18H,9-10H2,1H3,(H,19,20). The van der Waals surface area contributed by atoms with Crippen molar-refractivity contribution in [1.29, 1.82) is 0 Å². The number of nitrogens with one attached hydrogen (secondary N) is 2. The molecule has 21 heavy (non-hydrogen) atoms. The second-order valence-corrected chi connectivity index (χ2v) is 6.43. The number of H-pyrrole nitrogens is 1. The lowest BCUT2D eigenvalue weighted by Crippen LogP contribution is -2.29. The molecule has 0 saturated heterocycles. The third-order valence-electron chi connectivity index (χ3n) is 4.07. The van der Waals surface area contributed by atoms with Gasteiger partial charge in [-0.25, -0.2) is 4.98 Å². The Morgan fingerprint density at radius 1 is 1.14 bits per heavy atom. The highest BCUT2D eigenvalue weighted by atomic mass is 32.1. The van der Waals surface area contributed by atoms with E-state index in [2.05, 4.69) is 59.0 Å². The third-order valence-corrected chi connectivity index (χ3v) is 4.95. The first kappa shape index (κ1) is 12.8. The summed E-state index contributed by atoms with van der Waals surface area (Å²) >= 11 is 1.74. The van der Waals surface area contributed by atoms with Gasteiger partial charge in [-0.1, -0.05) is 30.3 Å². The van der Waals surface area contributed by atoms with Crippen LogP contribution >= 0.6 is 11.3 Å². The first-order chi connectivity index (χ1) is 10.3. The van der Waals surface area contributed by atoms with Crippen LogP contribution < -0.4 is 5.32 Å². The number of aromatic nitrogens is 2. The van der Waals surface area contributed by atoms with Crippen LogP contribution in [0.25, 0.3) is 10.6 Å². The molecule has 0 spiro atoms. The van der Waals surface area contributed by atoms with E-state index in [1.807, 2.05) is 0 Å². The fourth-order valence-electron chi connectivity index (χ4n) is 2.95. The summed E-state index contributed by atoms with van der Waals surface area (Å²) in [6.45, 7) is 3.01. The monoisotopic (exact) mass is 295 g/mol. The van der Waals surface area contributed by atoms with Crippen LogP contribution in [0.4, 0.5) is 0 Å². The summed E-state index contributed by atoms with van der Waals surface area (Å²) in [5, 5.41) is 5.68. The third kappa shape index (κ3) is 2.30. The normalized spacial score (nSPS) is 17.7. The summed E-state index contributed by atoms with van der Waals surface area (Å²) in [7, 11) is 0. The minimum atomic E-state index is 0.271. The van der Waals surface area contributed by atoms with Gasteiger partial charge in [-0.2, -0.15) is 0 Å². The number of fused-ring (bicyclic) bond motifs is 1. The van der Waals surface area contributed by atoms with E-state index < -0.39 is 0 Å². The van der Waals surface area contributed by atoms with Gasteiger partial charge in [0.25, 0.3) is 0 Å². The Labute approximate surface area is 128 Å². The molecule has 0 radical (unpaired) electrons. The number of nitrogens with zero attached hydrogens (tertiary/aromatic N) is 1. The van der Waals surface area contributed by atoms with Gasteiger partial charge in [-0.15, -0.1) is 11.3 Å². The van der Waals surface area contributed by atoms with E-state index in [1.165, 1.54) is 16.0 Å². The van der Waals surface area contributed by atoms with E-state index in [0.717, 1.165) is 30.2 Å². The lowest BCUT2D eigenvalue weighted by Gasteiger charge is -2.24. The molecule has 3 aromatic rings. The molecule has 106 valence electrons. The molecule has 3 heterocycles. The van der Waals surface area contributed by atoms with Crippen molar-refractivity contribution in [2.24, 2.45) is 0 Å². The maximum absolute atomic E-state index is 4.84. The molecule has 1 aliphatic rings. The molecule has 1 aliphatic heterocycles. The number of hydrogen-bond donors (Lipinski definition) is 2. The summed E-state index contributed by atoms with van der Waals surface area (Å²) in [6.07, 6.45) is 0.993. The predicted molar refractivity (Wildman–Crippen MR) is 86.4 cm³/mol. The van der Waals surface area contributed by atoms with Crippen LogP contribution in [0.15, 0.2) is 41.8 Å². The topological polar surface area (TPSA) is 40.7 Å². The average Bonchev–Trinajstić information content (AvgIpc) is 3.16. The molecule has 3 nitrogen and oxygen atoms in total. The zero-order valence-electron chi connectivity index (χ0n) is 11.9. The Hall–Kier alpha value is -1.91. The Morgan fingerprint density at radius 2 is 2.00 bits per heavy atom. The molecule has 4 rings (SSSR count). The predicted octanol–water partition coefficient (Wildman–Crippen LogP) is 3.83. The molecular formula is C17H17N3S. The van der Waals surface area contributed by atoms with E-state index >= 15 is 0 Å². The molecule has 4 heteroatoms. The van der Waals surface area contributed by atoms with Gasteiger partial charge < -0.3 is 10.3 Å². The second kappa shape index (κ2) is 5.13.